The lowest BCUT2D eigenvalue weighted by molar-refractivity contribution is 0.0275. The van der Waals surface area contributed by atoms with Crippen LogP contribution in [0.1, 0.15) is 30.9 Å². The average molecular weight is 334 g/mol. The predicted molar refractivity (Wildman–Crippen MR) is 86.2 cm³/mol. The number of allylic oxidation sites excluding steroid dienone is 1. The average Bonchev–Trinajstić information content (AvgIpc) is 2.60. The molecule has 24 heavy (non-hydrogen) atoms. The van der Waals surface area contributed by atoms with Crippen LogP contribution in [0.5, 0.6) is 0 Å². The number of methoxy groups -OCH3 is 1. The minimum atomic E-state index is -0.726. The fourth-order valence-corrected chi connectivity index (χ4v) is 2.26. The molecule has 0 heterocycles. The molecule has 2 rings (SSSR count). The van der Waals surface area contributed by atoms with Gasteiger partial charge in [-0.3, -0.25) is 0 Å². The van der Waals surface area contributed by atoms with Crippen molar-refractivity contribution in [3.8, 4) is 0 Å². The van der Waals surface area contributed by atoms with Crippen molar-refractivity contribution in [2.75, 3.05) is 7.11 Å². The lowest BCUT2D eigenvalue weighted by Gasteiger charge is -2.20. The van der Waals surface area contributed by atoms with Crippen LogP contribution in [0.15, 0.2) is 36.4 Å². The zero-order valence-electron chi connectivity index (χ0n) is 13.9. The van der Waals surface area contributed by atoms with Crippen molar-refractivity contribution in [3.05, 3.63) is 47.5 Å². The molecular weight excluding hydrogens is 312 g/mol. The van der Waals surface area contributed by atoms with E-state index in [9.17, 15) is 9.59 Å². The van der Waals surface area contributed by atoms with Crippen molar-refractivity contribution >= 4 is 12.3 Å². The van der Waals surface area contributed by atoms with Crippen LogP contribution in [0, 0.1) is 5.92 Å². The van der Waals surface area contributed by atoms with E-state index >= 15 is 0 Å². The summed E-state index contributed by atoms with van der Waals surface area (Å²) >= 11 is 0. The molecule has 1 aromatic carbocycles. The molecule has 0 radical (unpaired) electrons. The number of hydrogen-bond donors (Lipinski definition) is 0. The van der Waals surface area contributed by atoms with Crippen LogP contribution in [-0.4, -0.2) is 25.5 Å². The van der Waals surface area contributed by atoms with Crippen LogP contribution in [0.2, 0.25) is 0 Å². The molecule has 0 amide bonds. The second-order valence-electron chi connectivity index (χ2n) is 5.69. The van der Waals surface area contributed by atoms with Crippen LogP contribution in [-0.2, 0) is 32.2 Å². The summed E-state index contributed by atoms with van der Waals surface area (Å²) in [5, 5.41) is 0. The molecule has 1 aliphatic carbocycles. The second-order valence-corrected chi connectivity index (χ2v) is 5.69. The molecular formula is C18H22O6. The van der Waals surface area contributed by atoms with Gasteiger partial charge in [0.05, 0.1) is 7.11 Å². The van der Waals surface area contributed by atoms with E-state index in [1.54, 1.807) is 24.3 Å². The normalized spacial score (nSPS) is 19.4. The summed E-state index contributed by atoms with van der Waals surface area (Å²) in [5.74, 6) is 0.530. The first-order chi connectivity index (χ1) is 11.6. The zero-order valence-corrected chi connectivity index (χ0v) is 13.9. The summed E-state index contributed by atoms with van der Waals surface area (Å²) in [5.41, 5.74) is 1.63. The van der Waals surface area contributed by atoms with Crippen molar-refractivity contribution in [3.63, 3.8) is 0 Å². The Kier molecular flexibility index (Phi) is 6.66. The summed E-state index contributed by atoms with van der Waals surface area (Å²) in [4.78, 5) is 22.6. The molecule has 0 saturated carbocycles. The van der Waals surface area contributed by atoms with Gasteiger partial charge in [0, 0.05) is 0 Å². The second kappa shape index (κ2) is 8.96. The highest BCUT2D eigenvalue weighted by molar-refractivity contribution is 5.60. The van der Waals surface area contributed by atoms with Crippen LogP contribution in [0.3, 0.4) is 0 Å². The molecule has 130 valence electrons. The van der Waals surface area contributed by atoms with E-state index < -0.39 is 12.3 Å². The van der Waals surface area contributed by atoms with Gasteiger partial charge < -0.3 is 18.9 Å². The number of carbonyl (C=O) groups is 2. The third kappa shape index (κ3) is 5.95. The topological polar surface area (TPSA) is 71.1 Å². The summed E-state index contributed by atoms with van der Waals surface area (Å²) in [6, 6.07) is 7.17. The molecule has 0 spiro atoms. The lowest BCUT2D eigenvalue weighted by Crippen LogP contribution is -2.20. The van der Waals surface area contributed by atoms with E-state index in [-0.39, 0.29) is 19.3 Å². The van der Waals surface area contributed by atoms with Gasteiger partial charge in [-0.25, -0.2) is 9.59 Å². The fraction of sp³-hybridized carbons (Fsp3) is 0.444. The van der Waals surface area contributed by atoms with Gasteiger partial charge in [-0.05, 0) is 36.0 Å². The fourth-order valence-electron chi connectivity index (χ4n) is 2.26. The Balaban J connectivity index is 1.72. The van der Waals surface area contributed by atoms with Crippen LogP contribution in [0.4, 0.5) is 9.59 Å². The SMILES string of the molecule is COC(=O)OCc1ccc(COC(=O)OC2C=CC(C)CC2)cc1. The molecule has 0 N–H and O–H groups in total. The molecule has 1 aliphatic rings. The maximum Gasteiger partial charge on any atom is 0.509 e. The summed E-state index contributed by atoms with van der Waals surface area (Å²) in [6.45, 7) is 2.39. The number of ether oxygens (including phenoxy) is 4. The van der Waals surface area contributed by atoms with E-state index in [1.807, 2.05) is 6.08 Å². The van der Waals surface area contributed by atoms with E-state index in [0.29, 0.717) is 5.92 Å². The van der Waals surface area contributed by atoms with Crippen molar-refractivity contribution in [2.45, 2.75) is 39.1 Å². The molecule has 6 heteroatoms. The Morgan fingerprint density at radius 3 is 2.04 bits per heavy atom. The van der Waals surface area contributed by atoms with Gasteiger partial charge in [0.15, 0.2) is 0 Å². The molecule has 0 bridgehead atoms. The number of carbonyl (C=O) groups excluding carboxylic acids is 2. The van der Waals surface area contributed by atoms with Crippen molar-refractivity contribution in [2.24, 2.45) is 5.92 Å². The lowest BCUT2D eigenvalue weighted by atomic mass is 9.96. The smallest absolute Gasteiger partial charge is 0.438 e. The predicted octanol–water partition coefficient (Wildman–Crippen LogP) is 3.98. The van der Waals surface area contributed by atoms with Crippen molar-refractivity contribution < 1.29 is 28.5 Å². The Labute approximate surface area is 141 Å². The van der Waals surface area contributed by atoms with Crippen LogP contribution < -0.4 is 0 Å². The minimum Gasteiger partial charge on any atom is -0.438 e. The molecule has 0 aliphatic heterocycles. The van der Waals surface area contributed by atoms with E-state index in [4.69, 9.17) is 14.2 Å². The standard InChI is InChI=1S/C18H22O6/c1-13-3-9-16(10-4-13)24-18(20)23-12-15-7-5-14(6-8-15)11-22-17(19)21-2/h3,5-9,13,16H,4,10-12H2,1-2H3. The Morgan fingerprint density at radius 2 is 1.54 bits per heavy atom. The Bertz CT molecular complexity index is 578. The van der Waals surface area contributed by atoms with Gasteiger partial charge in [0.25, 0.3) is 0 Å². The first-order valence-corrected chi connectivity index (χ1v) is 7.87. The molecule has 0 aromatic heterocycles. The largest absolute Gasteiger partial charge is 0.509 e. The number of rotatable bonds is 5. The monoisotopic (exact) mass is 334 g/mol. The molecule has 1 aromatic rings. The maximum absolute atomic E-state index is 11.7. The van der Waals surface area contributed by atoms with Crippen molar-refractivity contribution in [1.29, 1.82) is 0 Å². The van der Waals surface area contributed by atoms with Gasteiger partial charge in [0.2, 0.25) is 0 Å². The van der Waals surface area contributed by atoms with Gasteiger partial charge in [-0.1, -0.05) is 37.3 Å². The molecule has 0 fully saturated rings. The third-order valence-electron chi connectivity index (χ3n) is 3.71. The van der Waals surface area contributed by atoms with Gasteiger partial charge >= 0.3 is 12.3 Å². The first-order valence-electron chi connectivity index (χ1n) is 7.87. The van der Waals surface area contributed by atoms with Crippen molar-refractivity contribution in [1.82, 2.24) is 0 Å². The zero-order chi connectivity index (χ0) is 17.4. The van der Waals surface area contributed by atoms with Gasteiger partial charge in [-0.2, -0.15) is 0 Å². The van der Waals surface area contributed by atoms with E-state index in [0.717, 1.165) is 24.0 Å². The minimum absolute atomic E-state index is 0.127. The maximum atomic E-state index is 11.7. The highest BCUT2D eigenvalue weighted by Gasteiger charge is 2.17. The third-order valence-corrected chi connectivity index (χ3v) is 3.71. The molecule has 6 nitrogen and oxygen atoms in total. The van der Waals surface area contributed by atoms with Gasteiger partial charge in [-0.15, -0.1) is 0 Å². The summed E-state index contributed by atoms with van der Waals surface area (Å²) in [7, 11) is 1.26. The van der Waals surface area contributed by atoms with E-state index in [2.05, 4.69) is 17.7 Å². The van der Waals surface area contributed by atoms with E-state index in [1.165, 1.54) is 7.11 Å². The number of hydrogen-bond acceptors (Lipinski definition) is 6. The highest BCUT2D eigenvalue weighted by Crippen LogP contribution is 2.19. The van der Waals surface area contributed by atoms with Crippen LogP contribution in [0.25, 0.3) is 0 Å². The first kappa shape index (κ1) is 17.8. The Hall–Kier alpha value is -2.50. The molecule has 2 atom stereocenters. The van der Waals surface area contributed by atoms with Gasteiger partial charge in [0.1, 0.15) is 19.3 Å². The highest BCUT2D eigenvalue weighted by atomic mass is 16.7. The summed E-state index contributed by atoms with van der Waals surface area (Å²) < 4.78 is 19.6. The number of benzene rings is 1. The quantitative estimate of drug-likeness (QED) is 0.599. The molecule has 2 unspecified atom stereocenters. The molecule has 0 saturated heterocycles. The summed E-state index contributed by atoms with van der Waals surface area (Å²) in [6.07, 6.45) is 4.19. The van der Waals surface area contributed by atoms with Crippen LogP contribution >= 0.6 is 0 Å². The Morgan fingerprint density at radius 1 is 0.958 bits per heavy atom.